The third kappa shape index (κ3) is 1.67. The van der Waals surface area contributed by atoms with Gasteiger partial charge in [-0.05, 0) is 6.07 Å². The molecule has 0 spiro atoms. The van der Waals surface area contributed by atoms with Crippen LogP contribution in [0.2, 0.25) is 0 Å². The fourth-order valence-electron chi connectivity index (χ4n) is 0.650. The third-order valence-electron chi connectivity index (χ3n) is 1.16. The molecule has 0 amide bonds. The van der Waals surface area contributed by atoms with Crippen molar-refractivity contribution in [1.29, 1.82) is 0 Å². The molecule has 1 aromatic carbocycles. The van der Waals surface area contributed by atoms with Crippen molar-refractivity contribution in [1.82, 2.24) is 0 Å². The second kappa shape index (κ2) is 3.52. The van der Waals surface area contributed by atoms with Crippen LogP contribution in [-0.4, -0.2) is 11.1 Å². The van der Waals surface area contributed by atoms with Gasteiger partial charge in [0, 0.05) is 5.56 Å². The van der Waals surface area contributed by atoms with E-state index in [0.29, 0.717) is 5.33 Å². The first kappa shape index (κ1) is 7.48. The largest absolute Gasteiger partial charge is 0.293 e. The molecule has 0 N–H and O–H groups in total. The van der Waals surface area contributed by atoms with E-state index >= 15 is 0 Å². The molecule has 51 valence electrons. The molecule has 2 heteroatoms. The molecule has 0 aliphatic heterocycles. The molecule has 1 nitrogen and oxygen atoms in total. The number of alkyl halides is 1. The summed E-state index contributed by atoms with van der Waals surface area (Å²) in [5, 5.41) is 0.386. The topological polar surface area (TPSA) is 17.1 Å². The van der Waals surface area contributed by atoms with Crippen LogP contribution < -0.4 is 0 Å². The van der Waals surface area contributed by atoms with E-state index in [1.54, 1.807) is 24.3 Å². The number of Topliss-reactive ketones (excluding diaryl/α,β-unsaturated/α-hetero) is 1. The van der Waals surface area contributed by atoms with Gasteiger partial charge in [-0.1, -0.05) is 40.2 Å². The minimum atomic E-state index is 0.106. The summed E-state index contributed by atoms with van der Waals surface area (Å²) < 4.78 is 0. The number of carbonyl (C=O) groups is 1. The van der Waals surface area contributed by atoms with E-state index in [1.165, 1.54) is 0 Å². The van der Waals surface area contributed by atoms with Crippen LogP contribution in [0.4, 0.5) is 0 Å². The summed E-state index contributed by atoms with van der Waals surface area (Å²) in [4.78, 5) is 11.0. The maximum atomic E-state index is 11.0. The lowest BCUT2D eigenvalue weighted by atomic mass is 10.2. The molecule has 10 heavy (non-hydrogen) atoms. The minimum absolute atomic E-state index is 0.106. The normalized spacial score (nSPS) is 9.30. The molecule has 0 bridgehead atoms. The maximum Gasteiger partial charge on any atom is 0.173 e. The summed E-state index contributed by atoms with van der Waals surface area (Å²) in [5.74, 6) is 0.106. The van der Waals surface area contributed by atoms with Crippen molar-refractivity contribution >= 4 is 21.7 Å². The number of ketones is 1. The SMILES string of the molecule is O=C(CBr)c1cc[c]cc1. The zero-order valence-corrected chi connectivity index (χ0v) is 6.89. The summed E-state index contributed by atoms with van der Waals surface area (Å²) in [7, 11) is 0. The average molecular weight is 198 g/mol. The van der Waals surface area contributed by atoms with Gasteiger partial charge in [0.15, 0.2) is 5.78 Å². The van der Waals surface area contributed by atoms with Crippen LogP contribution >= 0.6 is 15.9 Å². The van der Waals surface area contributed by atoms with Crippen LogP contribution in [0.25, 0.3) is 0 Å². The Kier molecular flexibility index (Phi) is 2.63. The first-order valence-corrected chi connectivity index (χ1v) is 4.02. The highest BCUT2D eigenvalue weighted by atomic mass is 79.9. The second-order valence-electron chi connectivity index (χ2n) is 1.85. The van der Waals surface area contributed by atoms with Gasteiger partial charge in [0.1, 0.15) is 0 Å². The predicted octanol–water partition coefficient (Wildman–Crippen LogP) is 2.06. The van der Waals surface area contributed by atoms with Gasteiger partial charge in [-0.15, -0.1) is 0 Å². The fraction of sp³-hybridized carbons (Fsp3) is 0.125. The Hall–Kier alpha value is -0.630. The smallest absolute Gasteiger partial charge is 0.173 e. The summed E-state index contributed by atoms with van der Waals surface area (Å²) in [6.45, 7) is 0. The van der Waals surface area contributed by atoms with Crippen molar-refractivity contribution in [2.24, 2.45) is 0 Å². The maximum absolute atomic E-state index is 11.0. The van der Waals surface area contributed by atoms with E-state index in [2.05, 4.69) is 22.0 Å². The Balaban J connectivity index is 2.85. The molecule has 0 fully saturated rings. The molecule has 0 aromatic heterocycles. The predicted molar refractivity (Wildman–Crippen MR) is 43.4 cm³/mol. The molecule has 0 aliphatic carbocycles. The lowest BCUT2D eigenvalue weighted by Crippen LogP contribution is -1.98. The number of benzene rings is 1. The van der Waals surface area contributed by atoms with Crippen LogP contribution in [0.5, 0.6) is 0 Å². The van der Waals surface area contributed by atoms with Gasteiger partial charge in [-0.2, -0.15) is 0 Å². The number of hydrogen-bond donors (Lipinski definition) is 0. The molecule has 0 heterocycles. The monoisotopic (exact) mass is 197 g/mol. The Bertz CT molecular complexity index is 218. The number of rotatable bonds is 2. The van der Waals surface area contributed by atoms with E-state index in [9.17, 15) is 4.79 Å². The molecule has 0 aliphatic rings. The Labute approximate surface area is 68.2 Å². The van der Waals surface area contributed by atoms with Gasteiger partial charge in [-0.3, -0.25) is 4.79 Å². The standard InChI is InChI=1S/C8H6BrO/c9-6-8(10)7-4-2-1-3-5-7/h2-5H,6H2. The van der Waals surface area contributed by atoms with Gasteiger partial charge in [0.05, 0.1) is 5.33 Å². The zero-order chi connectivity index (χ0) is 7.40. The summed E-state index contributed by atoms with van der Waals surface area (Å²) >= 11 is 3.09. The van der Waals surface area contributed by atoms with Crippen LogP contribution in [0, 0.1) is 6.07 Å². The van der Waals surface area contributed by atoms with Crippen molar-refractivity contribution in [2.75, 3.05) is 5.33 Å². The van der Waals surface area contributed by atoms with Gasteiger partial charge in [0.2, 0.25) is 0 Å². The van der Waals surface area contributed by atoms with Crippen molar-refractivity contribution in [2.45, 2.75) is 0 Å². The number of halogens is 1. The molecular weight excluding hydrogens is 192 g/mol. The summed E-state index contributed by atoms with van der Waals surface area (Å²) in [6, 6.07) is 9.82. The number of hydrogen-bond acceptors (Lipinski definition) is 1. The average Bonchev–Trinajstić information content (AvgIpc) is 2.05. The first-order valence-electron chi connectivity index (χ1n) is 2.90. The highest BCUT2D eigenvalue weighted by Crippen LogP contribution is 2.00. The molecule has 0 saturated carbocycles. The highest BCUT2D eigenvalue weighted by Gasteiger charge is 1.99. The fourth-order valence-corrected chi connectivity index (χ4v) is 0.974. The Morgan fingerprint density at radius 1 is 1.50 bits per heavy atom. The van der Waals surface area contributed by atoms with Crippen molar-refractivity contribution in [3.05, 3.63) is 35.9 Å². The molecule has 0 unspecified atom stereocenters. The van der Waals surface area contributed by atoms with Gasteiger partial charge >= 0.3 is 0 Å². The van der Waals surface area contributed by atoms with Gasteiger partial charge < -0.3 is 0 Å². The molecule has 1 radical (unpaired) electrons. The van der Waals surface area contributed by atoms with Crippen LogP contribution in [-0.2, 0) is 0 Å². The van der Waals surface area contributed by atoms with Gasteiger partial charge in [0.25, 0.3) is 0 Å². The highest BCUT2D eigenvalue weighted by molar-refractivity contribution is 9.09. The van der Waals surface area contributed by atoms with E-state index < -0.39 is 0 Å². The minimum Gasteiger partial charge on any atom is -0.293 e. The molecule has 1 aromatic rings. The third-order valence-corrected chi connectivity index (χ3v) is 1.67. The Morgan fingerprint density at radius 3 is 2.60 bits per heavy atom. The number of carbonyl (C=O) groups excluding carboxylic acids is 1. The van der Waals surface area contributed by atoms with E-state index in [-0.39, 0.29) is 5.78 Å². The van der Waals surface area contributed by atoms with Crippen molar-refractivity contribution in [3.8, 4) is 0 Å². The lowest BCUT2D eigenvalue weighted by molar-refractivity contribution is 0.102. The molecule has 1 rings (SSSR count). The zero-order valence-electron chi connectivity index (χ0n) is 5.30. The quantitative estimate of drug-likeness (QED) is 0.525. The Morgan fingerprint density at radius 2 is 2.10 bits per heavy atom. The molecular formula is C8H6BrO. The summed E-state index contributed by atoms with van der Waals surface area (Å²) in [6.07, 6.45) is 0. The van der Waals surface area contributed by atoms with E-state index in [0.717, 1.165) is 5.56 Å². The van der Waals surface area contributed by atoms with E-state index in [1.807, 2.05) is 0 Å². The van der Waals surface area contributed by atoms with Crippen molar-refractivity contribution in [3.63, 3.8) is 0 Å². The summed E-state index contributed by atoms with van der Waals surface area (Å²) in [5.41, 5.74) is 0.732. The lowest BCUT2D eigenvalue weighted by Gasteiger charge is -1.92. The first-order chi connectivity index (χ1) is 4.84. The molecule has 0 saturated heterocycles. The van der Waals surface area contributed by atoms with E-state index in [4.69, 9.17) is 0 Å². The van der Waals surface area contributed by atoms with Gasteiger partial charge in [-0.25, -0.2) is 0 Å². The van der Waals surface area contributed by atoms with Crippen molar-refractivity contribution < 1.29 is 4.79 Å². The molecule has 0 atom stereocenters. The van der Waals surface area contributed by atoms with Crippen LogP contribution in [0.1, 0.15) is 10.4 Å². The van der Waals surface area contributed by atoms with Crippen LogP contribution in [0.15, 0.2) is 24.3 Å². The second-order valence-corrected chi connectivity index (χ2v) is 2.41. The van der Waals surface area contributed by atoms with Crippen LogP contribution in [0.3, 0.4) is 0 Å².